The van der Waals surface area contributed by atoms with Gasteiger partial charge < -0.3 is 15.5 Å². The number of aromatic nitrogens is 2. The van der Waals surface area contributed by atoms with Crippen LogP contribution < -0.4 is 15.5 Å². The maximum Gasteiger partial charge on any atom is 0.220 e. The zero-order valence-electron chi connectivity index (χ0n) is 16.9. The number of aryl methyl sites for hydroxylation is 1. The van der Waals surface area contributed by atoms with Crippen molar-refractivity contribution in [2.75, 3.05) is 29.9 Å². The zero-order chi connectivity index (χ0) is 19.8. The summed E-state index contributed by atoms with van der Waals surface area (Å²) in [7, 11) is 0. The number of piperidine rings is 1. The van der Waals surface area contributed by atoms with Crippen LogP contribution in [0.1, 0.15) is 43.7 Å². The van der Waals surface area contributed by atoms with Crippen LogP contribution in [0.25, 0.3) is 0 Å². The van der Waals surface area contributed by atoms with Crippen LogP contribution in [0, 0.1) is 12.8 Å². The van der Waals surface area contributed by atoms with Gasteiger partial charge in [0.25, 0.3) is 0 Å². The Morgan fingerprint density at radius 1 is 1.21 bits per heavy atom. The summed E-state index contributed by atoms with van der Waals surface area (Å²) in [4.78, 5) is 23.2. The van der Waals surface area contributed by atoms with Crippen LogP contribution >= 0.6 is 0 Å². The predicted octanol–water partition coefficient (Wildman–Crippen LogP) is 3.53. The molecule has 0 atom stereocenters. The highest BCUT2D eigenvalue weighted by molar-refractivity contribution is 5.75. The Bertz CT molecular complexity index is 771. The molecule has 0 spiro atoms. The van der Waals surface area contributed by atoms with Crippen LogP contribution in [-0.4, -0.2) is 35.5 Å². The fourth-order valence-corrected chi connectivity index (χ4v) is 3.69. The summed E-state index contributed by atoms with van der Waals surface area (Å²) in [5.74, 6) is 2.62. The van der Waals surface area contributed by atoms with Crippen molar-refractivity contribution in [2.45, 2.75) is 46.1 Å². The van der Waals surface area contributed by atoms with Gasteiger partial charge in [0.05, 0.1) is 0 Å². The topological polar surface area (TPSA) is 70.2 Å². The molecule has 3 rings (SSSR count). The Kier molecular flexibility index (Phi) is 7.23. The van der Waals surface area contributed by atoms with Crippen molar-refractivity contribution >= 4 is 17.5 Å². The van der Waals surface area contributed by atoms with Crippen LogP contribution in [0.3, 0.4) is 0 Å². The Hall–Kier alpha value is -2.63. The highest BCUT2D eigenvalue weighted by atomic mass is 16.1. The van der Waals surface area contributed by atoms with Crippen molar-refractivity contribution in [1.82, 2.24) is 15.3 Å². The van der Waals surface area contributed by atoms with Crippen molar-refractivity contribution < 1.29 is 4.79 Å². The van der Waals surface area contributed by atoms with Gasteiger partial charge in [-0.25, -0.2) is 9.97 Å². The molecule has 1 aromatic carbocycles. The molecular formula is C22H31N5O. The molecule has 1 aliphatic rings. The Morgan fingerprint density at radius 2 is 2.04 bits per heavy atom. The second-order valence-electron chi connectivity index (χ2n) is 7.53. The van der Waals surface area contributed by atoms with Gasteiger partial charge in [0.2, 0.25) is 5.91 Å². The lowest BCUT2D eigenvalue weighted by Crippen LogP contribution is -2.34. The first kappa shape index (κ1) is 20.1. The molecule has 1 saturated heterocycles. The second kappa shape index (κ2) is 10.1. The highest BCUT2D eigenvalue weighted by Crippen LogP contribution is 2.25. The number of hydrogen-bond donors (Lipinski definition) is 2. The molecule has 6 nitrogen and oxygen atoms in total. The van der Waals surface area contributed by atoms with E-state index in [4.69, 9.17) is 0 Å². The van der Waals surface area contributed by atoms with Gasteiger partial charge in [-0.3, -0.25) is 4.79 Å². The fourth-order valence-electron chi connectivity index (χ4n) is 3.69. The fraction of sp³-hybridized carbons (Fsp3) is 0.500. The Balaban J connectivity index is 1.38. The molecule has 150 valence electrons. The quantitative estimate of drug-likeness (QED) is 0.732. The monoisotopic (exact) mass is 381 g/mol. The lowest BCUT2D eigenvalue weighted by molar-refractivity contribution is -0.121. The van der Waals surface area contributed by atoms with Gasteiger partial charge in [0, 0.05) is 38.7 Å². The summed E-state index contributed by atoms with van der Waals surface area (Å²) in [6.07, 6.45) is 5.39. The van der Waals surface area contributed by atoms with Crippen molar-refractivity contribution in [1.29, 1.82) is 0 Å². The molecular weight excluding hydrogens is 350 g/mol. The number of hydrogen-bond acceptors (Lipinski definition) is 5. The first-order valence-corrected chi connectivity index (χ1v) is 10.3. The van der Waals surface area contributed by atoms with E-state index in [2.05, 4.69) is 57.5 Å². The normalized spacial score (nSPS) is 14.7. The van der Waals surface area contributed by atoms with Gasteiger partial charge in [0.1, 0.15) is 18.0 Å². The summed E-state index contributed by atoms with van der Waals surface area (Å²) >= 11 is 0. The lowest BCUT2D eigenvalue weighted by atomic mass is 9.92. The van der Waals surface area contributed by atoms with Crippen molar-refractivity contribution in [2.24, 2.45) is 5.92 Å². The number of rotatable bonds is 8. The second-order valence-corrected chi connectivity index (χ2v) is 7.53. The van der Waals surface area contributed by atoms with E-state index in [-0.39, 0.29) is 5.91 Å². The zero-order valence-corrected chi connectivity index (χ0v) is 16.9. The molecule has 0 bridgehead atoms. The van der Waals surface area contributed by atoms with Gasteiger partial charge in [-0.1, -0.05) is 29.8 Å². The average molecular weight is 382 g/mol. The minimum Gasteiger partial charge on any atom is -0.370 e. The summed E-state index contributed by atoms with van der Waals surface area (Å²) < 4.78 is 0. The molecule has 2 N–H and O–H groups in total. The molecule has 0 unspecified atom stereocenters. The van der Waals surface area contributed by atoms with E-state index in [9.17, 15) is 4.79 Å². The largest absolute Gasteiger partial charge is 0.370 e. The Morgan fingerprint density at radius 3 is 2.79 bits per heavy atom. The van der Waals surface area contributed by atoms with E-state index in [0.29, 0.717) is 18.9 Å². The van der Waals surface area contributed by atoms with Crippen molar-refractivity contribution in [3.63, 3.8) is 0 Å². The number of nitrogens with one attached hydrogen (secondary N) is 2. The first-order valence-electron chi connectivity index (χ1n) is 10.3. The van der Waals surface area contributed by atoms with Crippen LogP contribution in [-0.2, 0) is 11.3 Å². The van der Waals surface area contributed by atoms with Crippen LogP contribution in [0.5, 0.6) is 0 Å². The molecule has 1 amide bonds. The van der Waals surface area contributed by atoms with E-state index in [1.165, 1.54) is 5.56 Å². The standard InChI is InChI=1S/C22H31N5O/c1-3-23-20-14-21(26-16-25-20)27-11-9-18(10-12-27)7-8-22(28)24-15-19-6-4-5-17(2)13-19/h4-6,13-14,16,18H,3,7-12,15H2,1-2H3,(H,24,28)(H,23,25,26). The van der Waals surface area contributed by atoms with E-state index < -0.39 is 0 Å². The summed E-state index contributed by atoms with van der Waals surface area (Å²) in [6.45, 7) is 7.56. The number of nitrogens with zero attached hydrogens (tertiary/aromatic N) is 3. The lowest BCUT2D eigenvalue weighted by Gasteiger charge is -2.32. The highest BCUT2D eigenvalue weighted by Gasteiger charge is 2.21. The molecule has 2 aromatic rings. The summed E-state index contributed by atoms with van der Waals surface area (Å²) in [6, 6.07) is 10.3. The van der Waals surface area contributed by atoms with E-state index in [1.807, 2.05) is 12.1 Å². The molecule has 0 saturated carbocycles. The average Bonchev–Trinajstić information content (AvgIpc) is 2.72. The number of amides is 1. The SMILES string of the molecule is CCNc1cc(N2CCC(CCC(=O)NCc3cccc(C)c3)CC2)ncn1. The maximum absolute atomic E-state index is 12.2. The minimum absolute atomic E-state index is 0.148. The van der Waals surface area contributed by atoms with Gasteiger partial charge in [0.15, 0.2) is 0 Å². The third kappa shape index (κ3) is 5.94. The van der Waals surface area contributed by atoms with Gasteiger partial charge in [-0.15, -0.1) is 0 Å². The van der Waals surface area contributed by atoms with E-state index >= 15 is 0 Å². The summed E-state index contributed by atoms with van der Waals surface area (Å²) in [5.41, 5.74) is 2.38. The smallest absolute Gasteiger partial charge is 0.220 e. The Labute approximate surface area is 167 Å². The molecule has 1 aromatic heterocycles. The van der Waals surface area contributed by atoms with Crippen LogP contribution in [0.4, 0.5) is 11.6 Å². The maximum atomic E-state index is 12.2. The van der Waals surface area contributed by atoms with Gasteiger partial charge >= 0.3 is 0 Å². The van der Waals surface area contributed by atoms with Crippen molar-refractivity contribution in [3.8, 4) is 0 Å². The van der Waals surface area contributed by atoms with Crippen molar-refractivity contribution in [3.05, 3.63) is 47.8 Å². The number of benzene rings is 1. The van der Waals surface area contributed by atoms with Gasteiger partial charge in [-0.2, -0.15) is 0 Å². The molecule has 1 aliphatic heterocycles. The molecule has 2 heterocycles. The predicted molar refractivity (Wildman–Crippen MR) is 113 cm³/mol. The minimum atomic E-state index is 0.148. The molecule has 0 aliphatic carbocycles. The van der Waals surface area contributed by atoms with Gasteiger partial charge in [-0.05, 0) is 44.6 Å². The molecule has 0 radical (unpaired) electrons. The number of carbonyl (C=O) groups excluding carboxylic acids is 1. The third-order valence-corrected chi connectivity index (χ3v) is 5.30. The third-order valence-electron chi connectivity index (χ3n) is 5.30. The van der Waals surface area contributed by atoms with E-state index in [0.717, 1.165) is 56.1 Å². The van der Waals surface area contributed by atoms with Crippen LogP contribution in [0.15, 0.2) is 36.7 Å². The molecule has 28 heavy (non-hydrogen) atoms. The first-order chi connectivity index (χ1) is 13.6. The number of carbonyl (C=O) groups is 1. The number of anilines is 2. The summed E-state index contributed by atoms with van der Waals surface area (Å²) in [5, 5.41) is 6.28. The van der Waals surface area contributed by atoms with Crippen LogP contribution in [0.2, 0.25) is 0 Å². The van der Waals surface area contributed by atoms with E-state index in [1.54, 1.807) is 6.33 Å². The molecule has 6 heteroatoms. The molecule has 1 fully saturated rings.